The second kappa shape index (κ2) is 3.88. The molecule has 15 heavy (non-hydrogen) atoms. The first-order valence-corrected chi connectivity index (χ1v) is 4.36. The number of para-hydroxylation sites is 1. The monoisotopic (exact) mass is 203 g/mol. The largest absolute Gasteiger partial charge is 0.469 e. The molecule has 0 spiro atoms. The van der Waals surface area contributed by atoms with Crippen molar-refractivity contribution in [2.75, 3.05) is 0 Å². The number of ether oxygens (including phenoxy) is 1. The number of carbonyl (C=O) groups is 1. The van der Waals surface area contributed by atoms with E-state index in [0.29, 0.717) is 17.1 Å². The average Bonchev–Trinajstić information content (AvgIpc) is 2.71. The molecular weight excluding hydrogens is 194 g/mol. The van der Waals surface area contributed by atoms with Crippen LogP contribution in [0.3, 0.4) is 0 Å². The number of hydrogen-bond acceptors (Lipinski definition) is 3. The maximum absolute atomic E-state index is 11.1. The van der Waals surface area contributed by atoms with Crippen LogP contribution in [-0.4, -0.2) is 5.91 Å². The maximum atomic E-state index is 11.1. The Bertz CT molecular complexity index is 462. The van der Waals surface area contributed by atoms with E-state index in [1.54, 1.807) is 30.3 Å². The summed E-state index contributed by atoms with van der Waals surface area (Å²) >= 11 is 0. The van der Waals surface area contributed by atoms with Crippen LogP contribution in [0.5, 0.6) is 11.5 Å². The van der Waals surface area contributed by atoms with Crippen molar-refractivity contribution in [1.29, 1.82) is 0 Å². The molecule has 4 nitrogen and oxygen atoms in total. The van der Waals surface area contributed by atoms with Crippen LogP contribution < -0.4 is 10.5 Å². The lowest BCUT2D eigenvalue weighted by Gasteiger charge is -2.05. The van der Waals surface area contributed by atoms with Gasteiger partial charge in [0.2, 0.25) is 0 Å². The molecule has 2 rings (SSSR count). The highest BCUT2D eigenvalue weighted by molar-refractivity contribution is 5.95. The molecule has 1 aromatic carbocycles. The van der Waals surface area contributed by atoms with E-state index in [1.165, 1.54) is 12.5 Å². The average molecular weight is 203 g/mol. The zero-order valence-electron chi connectivity index (χ0n) is 7.84. The number of hydrogen-bond donors (Lipinski definition) is 1. The van der Waals surface area contributed by atoms with Gasteiger partial charge in [-0.25, -0.2) is 0 Å². The molecule has 0 atom stereocenters. The smallest absolute Gasteiger partial charge is 0.252 e. The van der Waals surface area contributed by atoms with Gasteiger partial charge < -0.3 is 14.9 Å². The minimum atomic E-state index is -0.519. The molecule has 1 heterocycles. The third-order valence-corrected chi connectivity index (χ3v) is 1.88. The van der Waals surface area contributed by atoms with Crippen LogP contribution in [0.2, 0.25) is 0 Å². The quantitative estimate of drug-likeness (QED) is 0.831. The van der Waals surface area contributed by atoms with Gasteiger partial charge in [-0.15, -0.1) is 0 Å². The Morgan fingerprint density at radius 3 is 2.73 bits per heavy atom. The van der Waals surface area contributed by atoms with E-state index >= 15 is 0 Å². The molecular formula is C11H9NO3. The van der Waals surface area contributed by atoms with Gasteiger partial charge in [-0.1, -0.05) is 12.1 Å². The van der Waals surface area contributed by atoms with E-state index in [0.717, 1.165) is 0 Å². The molecule has 1 amide bonds. The summed E-state index contributed by atoms with van der Waals surface area (Å²) in [5.74, 6) is 0.434. The van der Waals surface area contributed by atoms with Gasteiger partial charge in [0, 0.05) is 6.07 Å². The number of rotatable bonds is 3. The number of furan rings is 1. The predicted octanol–water partition coefficient (Wildman–Crippen LogP) is 2.17. The number of benzene rings is 1. The SMILES string of the molecule is NC(=O)c1ccccc1Oc1ccoc1. The van der Waals surface area contributed by atoms with Crippen LogP contribution in [-0.2, 0) is 0 Å². The van der Waals surface area contributed by atoms with Gasteiger partial charge in [0.15, 0.2) is 5.75 Å². The van der Waals surface area contributed by atoms with E-state index in [4.69, 9.17) is 14.9 Å². The normalized spacial score (nSPS) is 9.87. The Kier molecular flexibility index (Phi) is 2.41. The summed E-state index contributed by atoms with van der Waals surface area (Å²) in [5, 5.41) is 0. The molecule has 4 heteroatoms. The molecule has 2 N–H and O–H groups in total. The topological polar surface area (TPSA) is 65.5 Å². The third kappa shape index (κ3) is 1.99. The number of amides is 1. The van der Waals surface area contributed by atoms with Gasteiger partial charge in [0.05, 0.1) is 11.8 Å². The van der Waals surface area contributed by atoms with Gasteiger partial charge in [-0.05, 0) is 12.1 Å². The molecule has 0 unspecified atom stereocenters. The van der Waals surface area contributed by atoms with E-state index in [1.807, 2.05) is 0 Å². The van der Waals surface area contributed by atoms with Crippen molar-refractivity contribution in [3.8, 4) is 11.5 Å². The van der Waals surface area contributed by atoms with Crippen molar-refractivity contribution in [3.63, 3.8) is 0 Å². The Labute approximate surface area is 86.3 Å². The Balaban J connectivity index is 2.32. The van der Waals surface area contributed by atoms with Crippen LogP contribution in [0, 0.1) is 0 Å². The predicted molar refractivity (Wildman–Crippen MR) is 53.7 cm³/mol. The van der Waals surface area contributed by atoms with Crippen molar-refractivity contribution >= 4 is 5.91 Å². The van der Waals surface area contributed by atoms with Gasteiger partial charge >= 0.3 is 0 Å². The molecule has 0 fully saturated rings. The summed E-state index contributed by atoms with van der Waals surface area (Å²) < 4.78 is 10.3. The fraction of sp³-hybridized carbons (Fsp3) is 0. The highest BCUT2D eigenvalue weighted by atomic mass is 16.5. The first kappa shape index (κ1) is 9.33. The van der Waals surface area contributed by atoms with Crippen molar-refractivity contribution in [3.05, 3.63) is 48.4 Å². The maximum Gasteiger partial charge on any atom is 0.252 e. The van der Waals surface area contributed by atoms with E-state index in [-0.39, 0.29) is 0 Å². The van der Waals surface area contributed by atoms with Crippen LogP contribution in [0.1, 0.15) is 10.4 Å². The molecule has 76 valence electrons. The van der Waals surface area contributed by atoms with Crippen LogP contribution in [0.15, 0.2) is 47.3 Å². The van der Waals surface area contributed by atoms with Gasteiger partial charge in [0.25, 0.3) is 5.91 Å². The summed E-state index contributed by atoms with van der Waals surface area (Å²) in [6.45, 7) is 0. The Morgan fingerprint density at radius 2 is 2.07 bits per heavy atom. The number of primary amides is 1. The Hall–Kier alpha value is -2.23. The molecule has 0 aliphatic rings. The van der Waals surface area contributed by atoms with Gasteiger partial charge in [-0.2, -0.15) is 0 Å². The molecule has 1 aromatic heterocycles. The standard InChI is InChI=1S/C11H9NO3/c12-11(13)9-3-1-2-4-10(9)15-8-5-6-14-7-8/h1-7H,(H2,12,13). The van der Waals surface area contributed by atoms with Crippen LogP contribution >= 0.6 is 0 Å². The lowest BCUT2D eigenvalue weighted by molar-refractivity contribution is 0.0998. The minimum Gasteiger partial charge on any atom is -0.469 e. The molecule has 0 saturated heterocycles. The fourth-order valence-corrected chi connectivity index (χ4v) is 1.20. The number of nitrogens with two attached hydrogens (primary N) is 1. The van der Waals surface area contributed by atoms with Crippen molar-refractivity contribution in [2.24, 2.45) is 5.73 Å². The lowest BCUT2D eigenvalue weighted by Crippen LogP contribution is -2.11. The van der Waals surface area contributed by atoms with Crippen molar-refractivity contribution in [1.82, 2.24) is 0 Å². The lowest BCUT2D eigenvalue weighted by atomic mass is 10.2. The highest BCUT2D eigenvalue weighted by Crippen LogP contribution is 2.24. The summed E-state index contributed by atoms with van der Waals surface area (Å²) in [7, 11) is 0. The zero-order chi connectivity index (χ0) is 10.7. The van der Waals surface area contributed by atoms with E-state index < -0.39 is 5.91 Å². The summed E-state index contributed by atoms with van der Waals surface area (Å²) in [4.78, 5) is 11.1. The first-order chi connectivity index (χ1) is 7.27. The van der Waals surface area contributed by atoms with E-state index in [9.17, 15) is 4.79 Å². The summed E-state index contributed by atoms with van der Waals surface area (Å²) in [6, 6.07) is 8.42. The van der Waals surface area contributed by atoms with Crippen molar-refractivity contribution in [2.45, 2.75) is 0 Å². The molecule has 0 bridgehead atoms. The van der Waals surface area contributed by atoms with Gasteiger partial charge in [0.1, 0.15) is 12.0 Å². The van der Waals surface area contributed by atoms with Gasteiger partial charge in [-0.3, -0.25) is 4.79 Å². The Morgan fingerprint density at radius 1 is 1.27 bits per heavy atom. The summed E-state index contributed by atoms with van der Waals surface area (Å²) in [5.41, 5.74) is 5.55. The van der Waals surface area contributed by atoms with E-state index in [2.05, 4.69) is 0 Å². The molecule has 0 aliphatic carbocycles. The zero-order valence-corrected chi connectivity index (χ0v) is 7.84. The molecule has 0 saturated carbocycles. The van der Waals surface area contributed by atoms with Crippen LogP contribution in [0.4, 0.5) is 0 Å². The van der Waals surface area contributed by atoms with Crippen molar-refractivity contribution < 1.29 is 13.9 Å². The molecule has 0 radical (unpaired) electrons. The number of carbonyl (C=O) groups excluding carboxylic acids is 1. The highest BCUT2D eigenvalue weighted by Gasteiger charge is 2.09. The molecule has 0 aliphatic heterocycles. The van der Waals surface area contributed by atoms with Crippen LogP contribution in [0.25, 0.3) is 0 Å². The minimum absolute atomic E-state index is 0.346. The third-order valence-electron chi connectivity index (χ3n) is 1.88. The second-order valence-corrected chi connectivity index (χ2v) is 2.92. The first-order valence-electron chi connectivity index (χ1n) is 4.36. The fourth-order valence-electron chi connectivity index (χ4n) is 1.20. The summed E-state index contributed by atoms with van der Waals surface area (Å²) in [6.07, 6.45) is 2.93. The molecule has 2 aromatic rings. The second-order valence-electron chi connectivity index (χ2n) is 2.92.